The zero-order valence-electron chi connectivity index (χ0n) is 31.3. The van der Waals surface area contributed by atoms with Crippen molar-refractivity contribution in [2.75, 3.05) is 57.8 Å². The molecule has 0 atom stereocenters. The highest BCUT2D eigenvalue weighted by atomic mass is 16.6. The molecule has 0 radical (unpaired) electrons. The molecular formula is C40H53N7O4. The molecule has 2 aromatic carbocycles. The largest absolute Gasteiger partial charge is 0.490 e. The molecule has 0 unspecified atom stereocenters. The molecule has 0 bridgehead atoms. The summed E-state index contributed by atoms with van der Waals surface area (Å²) >= 11 is 0. The fourth-order valence-corrected chi connectivity index (χ4v) is 7.76. The number of ether oxygens (including phenoxy) is 3. The van der Waals surface area contributed by atoms with E-state index in [0.29, 0.717) is 24.3 Å². The van der Waals surface area contributed by atoms with Crippen molar-refractivity contribution in [3.05, 3.63) is 42.1 Å². The number of fused-ring (bicyclic) bond motifs is 2. The third kappa shape index (κ3) is 7.09. The van der Waals surface area contributed by atoms with Crippen LogP contribution in [0.5, 0.6) is 11.8 Å². The molecule has 1 amide bonds. The summed E-state index contributed by atoms with van der Waals surface area (Å²) in [5.74, 6) is 1.86. The summed E-state index contributed by atoms with van der Waals surface area (Å²) in [6.45, 7) is 22.0. The maximum atomic E-state index is 12.7. The Bertz CT molecular complexity index is 1920. The highest BCUT2D eigenvalue weighted by Crippen LogP contribution is 2.48. The summed E-state index contributed by atoms with van der Waals surface area (Å²) in [5.41, 5.74) is 5.35. The lowest BCUT2D eigenvalue weighted by atomic mass is 9.72. The molecule has 11 heteroatoms. The number of hydrogen-bond donors (Lipinski definition) is 1. The molecule has 3 fully saturated rings. The van der Waals surface area contributed by atoms with E-state index in [9.17, 15) is 4.79 Å². The number of H-pyrrole nitrogens is 1. The van der Waals surface area contributed by atoms with Crippen molar-refractivity contribution >= 4 is 39.8 Å². The number of carbonyl (C=O) groups is 1. The number of aromatic nitrogens is 4. The van der Waals surface area contributed by atoms with Gasteiger partial charge in [0, 0.05) is 61.0 Å². The first kappa shape index (κ1) is 35.0. The third-order valence-electron chi connectivity index (χ3n) is 10.6. The number of nitrogens with zero attached hydrogens (tertiary/aromatic N) is 6. The lowest BCUT2D eigenvalue weighted by Crippen LogP contribution is -2.62. The van der Waals surface area contributed by atoms with E-state index in [0.717, 1.165) is 115 Å². The lowest BCUT2D eigenvalue weighted by Gasteiger charge is -2.53. The van der Waals surface area contributed by atoms with Crippen LogP contribution in [0, 0.1) is 18.3 Å². The molecule has 3 aliphatic rings. The van der Waals surface area contributed by atoms with Crippen LogP contribution < -0.4 is 14.4 Å². The topological polar surface area (TPSA) is 109 Å². The van der Waals surface area contributed by atoms with Gasteiger partial charge in [-0.05, 0) is 95.2 Å². The number of amides is 1. The minimum Gasteiger partial charge on any atom is -0.490 e. The van der Waals surface area contributed by atoms with E-state index in [4.69, 9.17) is 24.2 Å². The van der Waals surface area contributed by atoms with Gasteiger partial charge in [-0.15, -0.1) is 0 Å². The number of nitrogens with one attached hydrogen (secondary N) is 1. The number of aryl methyl sites for hydroxylation is 1. The summed E-state index contributed by atoms with van der Waals surface area (Å²) in [6, 6.07) is 6.74. The number of anilines is 1. The van der Waals surface area contributed by atoms with Gasteiger partial charge in [0.2, 0.25) is 0 Å². The van der Waals surface area contributed by atoms with E-state index in [-0.39, 0.29) is 17.6 Å². The molecule has 3 aliphatic heterocycles. The van der Waals surface area contributed by atoms with Gasteiger partial charge in [0.25, 0.3) is 0 Å². The Balaban J connectivity index is 1.31. The zero-order chi connectivity index (χ0) is 36.1. The summed E-state index contributed by atoms with van der Waals surface area (Å²) in [5, 5.41) is 9.47. The van der Waals surface area contributed by atoms with E-state index in [1.807, 2.05) is 37.9 Å². The molecule has 5 heterocycles. The fourth-order valence-electron chi connectivity index (χ4n) is 7.76. The zero-order valence-corrected chi connectivity index (χ0v) is 31.3. The van der Waals surface area contributed by atoms with Crippen LogP contribution in [0.1, 0.15) is 71.4 Å². The third-order valence-corrected chi connectivity index (χ3v) is 10.6. The second-order valence-electron chi connectivity index (χ2n) is 16.3. The Hall–Kier alpha value is -4.38. The second kappa shape index (κ2) is 13.6. The average molecular weight is 696 g/mol. The van der Waals surface area contributed by atoms with Crippen LogP contribution in [0.25, 0.3) is 39.0 Å². The van der Waals surface area contributed by atoms with Crippen molar-refractivity contribution in [1.82, 2.24) is 30.0 Å². The number of benzene rings is 2. The van der Waals surface area contributed by atoms with E-state index < -0.39 is 5.60 Å². The second-order valence-corrected chi connectivity index (χ2v) is 16.3. The molecule has 3 saturated heterocycles. The smallest absolute Gasteiger partial charge is 0.410 e. The Morgan fingerprint density at radius 1 is 1.08 bits per heavy atom. The van der Waals surface area contributed by atoms with Gasteiger partial charge in [-0.3, -0.25) is 5.10 Å². The van der Waals surface area contributed by atoms with Crippen molar-refractivity contribution in [3.8, 4) is 22.9 Å². The molecule has 1 N–H and O–H groups in total. The fraction of sp³-hybridized carbons (Fsp3) is 0.550. The Morgan fingerprint density at radius 3 is 2.47 bits per heavy atom. The first-order valence-electron chi connectivity index (χ1n) is 18.5. The first-order chi connectivity index (χ1) is 24.3. The number of hydrogen-bond acceptors (Lipinski definition) is 9. The maximum absolute atomic E-state index is 12.7. The van der Waals surface area contributed by atoms with Crippen molar-refractivity contribution in [3.63, 3.8) is 0 Å². The number of piperidine rings is 2. The molecule has 51 heavy (non-hydrogen) atoms. The molecule has 0 saturated carbocycles. The highest BCUT2D eigenvalue weighted by molar-refractivity contribution is 6.07. The van der Waals surface area contributed by atoms with Crippen LogP contribution in [0.3, 0.4) is 0 Å². The molecular weight excluding hydrogens is 642 g/mol. The van der Waals surface area contributed by atoms with Gasteiger partial charge in [-0.1, -0.05) is 32.6 Å². The van der Waals surface area contributed by atoms with Crippen molar-refractivity contribution < 1.29 is 19.0 Å². The Labute approximate surface area is 301 Å². The highest BCUT2D eigenvalue weighted by Gasteiger charge is 2.48. The van der Waals surface area contributed by atoms with E-state index in [2.05, 4.69) is 72.6 Å². The summed E-state index contributed by atoms with van der Waals surface area (Å²) in [7, 11) is 2.15. The maximum Gasteiger partial charge on any atom is 0.410 e. The van der Waals surface area contributed by atoms with Gasteiger partial charge < -0.3 is 28.9 Å². The Morgan fingerprint density at radius 2 is 1.80 bits per heavy atom. The molecule has 4 aromatic rings. The van der Waals surface area contributed by atoms with Crippen LogP contribution >= 0.6 is 0 Å². The monoisotopic (exact) mass is 695 g/mol. The van der Waals surface area contributed by atoms with E-state index >= 15 is 0 Å². The van der Waals surface area contributed by atoms with Crippen LogP contribution in [-0.2, 0) is 4.74 Å². The van der Waals surface area contributed by atoms with Gasteiger partial charge >= 0.3 is 12.1 Å². The first-order valence-corrected chi connectivity index (χ1v) is 18.5. The summed E-state index contributed by atoms with van der Waals surface area (Å²) in [4.78, 5) is 29.6. The number of carbonyl (C=O) groups excluding carboxylic acids is 1. The van der Waals surface area contributed by atoms with Gasteiger partial charge in [0.05, 0.1) is 18.3 Å². The standard InChI is InChI=1S/C40H53N7O4/c1-9-27-20-29-34(35(49-22-25(2)3)33(27)32-26(4)10-11-31-30(32)21-41-44-31)42-37(50-28-12-16-45(8)17-13-28)43-36(29)46-18-14-40(15-19-46)23-47(24-40)38(48)51-39(5,6)7/h9-11,20-21,25,28H,1,12-19,22-24H2,2-8H3,(H,41,44). The van der Waals surface area contributed by atoms with Gasteiger partial charge in [-0.2, -0.15) is 15.1 Å². The Kier molecular flexibility index (Phi) is 9.37. The molecule has 272 valence electrons. The molecule has 11 nitrogen and oxygen atoms in total. The normalized spacial score (nSPS) is 18.4. The molecule has 2 aromatic heterocycles. The van der Waals surface area contributed by atoms with Crippen LogP contribution in [0.2, 0.25) is 0 Å². The lowest BCUT2D eigenvalue weighted by molar-refractivity contribution is -0.0434. The number of rotatable bonds is 8. The predicted molar refractivity (Wildman–Crippen MR) is 203 cm³/mol. The van der Waals surface area contributed by atoms with Crippen molar-refractivity contribution in [2.45, 2.75) is 78.9 Å². The minimum atomic E-state index is -0.504. The van der Waals surface area contributed by atoms with Crippen molar-refractivity contribution in [1.29, 1.82) is 0 Å². The van der Waals surface area contributed by atoms with Gasteiger partial charge in [0.1, 0.15) is 23.0 Å². The van der Waals surface area contributed by atoms with Crippen LogP contribution in [0.15, 0.2) is 31.0 Å². The SMILES string of the molecule is C=Cc1cc2c(N3CCC4(CC3)CN(C(=O)OC(C)(C)C)C4)nc(OC3CCN(C)CC3)nc2c(OCC(C)C)c1-c1c(C)ccc2[nH]ncc12. The number of likely N-dealkylation sites (tertiary alicyclic amines) is 2. The van der Waals surface area contributed by atoms with Crippen LogP contribution in [0.4, 0.5) is 10.6 Å². The van der Waals surface area contributed by atoms with Crippen molar-refractivity contribution in [2.24, 2.45) is 11.3 Å². The molecule has 0 aliphatic carbocycles. The quantitative estimate of drug-likeness (QED) is 0.201. The van der Waals surface area contributed by atoms with E-state index in [1.165, 1.54) is 0 Å². The average Bonchev–Trinajstić information content (AvgIpc) is 3.55. The van der Waals surface area contributed by atoms with Gasteiger partial charge in [0.15, 0.2) is 5.75 Å². The number of aromatic amines is 1. The van der Waals surface area contributed by atoms with Crippen LogP contribution in [-0.4, -0.2) is 101 Å². The van der Waals surface area contributed by atoms with E-state index in [1.54, 1.807) is 0 Å². The summed E-state index contributed by atoms with van der Waals surface area (Å²) < 4.78 is 19.1. The molecule has 7 rings (SSSR count). The molecule has 1 spiro atoms. The minimum absolute atomic E-state index is 0.0406. The van der Waals surface area contributed by atoms with Gasteiger partial charge in [-0.25, -0.2) is 4.79 Å². The summed E-state index contributed by atoms with van der Waals surface area (Å²) in [6.07, 6.45) is 7.36. The predicted octanol–water partition coefficient (Wildman–Crippen LogP) is 7.47.